The first kappa shape index (κ1) is 13.3. The van der Waals surface area contributed by atoms with Crippen LogP contribution in [0.3, 0.4) is 0 Å². The van der Waals surface area contributed by atoms with Crippen molar-refractivity contribution >= 4 is 23.4 Å². The second-order valence-electron chi connectivity index (χ2n) is 4.02. The van der Waals surface area contributed by atoms with Gasteiger partial charge in [0.1, 0.15) is 5.82 Å². The van der Waals surface area contributed by atoms with Crippen molar-refractivity contribution in [3.63, 3.8) is 0 Å². The molecule has 0 amide bonds. The largest absolute Gasteiger partial charge is 0.476 e. The van der Waals surface area contributed by atoms with Gasteiger partial charge in [-0.1, -0.05) is 11.6 Å². The molecule has 0 aliphatic heterocycles. The zero-order valence-electron chi connectivity index (χ0n) is 10.2. The molecule has 0 aliphatic rings. The van der Waals surface area contributed by atoms with Crippen molar-refractivity contribution in [2.24, 2.45) is 0 Å². The Morgan fingerprint density at radius 3 is 2.63 bits per heavy atom. The summed E-state index contributed by atoms with van der Waals surface area (Å²) in [7, 11) is 1.84. The normalized spacial score (nSPS) is 10.2. The molecule has 6 heteroatoms. The van der Waals surface area contributed by atoms with E-state index < -0.39 is 5.97 Å². The highest BCUT2D eigenvalue weighted by molar-refractivity contribution is 6.33. The fourth-order valence-electron chi connectivity index (χ4n) is 1.64. The summed E-state index contributed by atoms with van der Waals surface area (Å²) in [5, 5.41) is 9.12. The maximum absolute atomic E-state index is 11.0. The van der Waals surface area contributed by atoms with Gasteiger partial charge in [0.2, 0.25) is 0 Å². The smallest absolute Gasteiger partial charge is 0.356 e. The van der Waals surface area contributed by atoms with Crippen molar-refractivity contribution in [2.75, 3.05) is 11.9 Å². The minimum absolute atomic E-state index is 0.133. The highest BCUT2D eigenvalue weighted by atomic mass is 35.5. The van der Waals surface area contributed by atoms with Gasteiger partial charge in [0.15, 0.2) is 5.69 Å². The predicted molar refractivity (Wildman–Crippen MR) is 72.6 cm³/mol. The summed E-state index contributed by atoms with van der Waals surface area (Å²) in [6.45, 7) is 0.607. The summed E-state index contributed by atoms with van der Waals surface area (Å²) in [5.74, 6) is -0.581. The van der Waals surface area contributed by atoms with E-state index in [4.69, 9.17) is 16.7 Å². The molecule has 2 aromatic rings. The number of hydrogen-bond acceptors (Lipinski definition) is 4. The summed E-state index contributed by atoms with van der Waals surface area (Å²) in [6, 6.07) is 7.02. The fourth-order valence-corrected chi connectivity index (χ4v) is 1.82. The van der Waals surface area contributed by atoms with Crippen molar-refractivity contribution in [2.45, 2.75) is 6.54 Å². The summed E-state index contributed by atoms with van der Waals surface area (Å²) >= 11 is 5.79. The topological polar surface area (TPSA) is 66.3 Å². The number of aromatic nitrogens is 2. The third kappa shape index (κ3) is 3.20. The molecule has 1 N–H and O–H groups in total. The Morgan fingerprint density at radius 2 is 2.00 bits per heavy atom. The monoisotopic (exact) mass is 277 g/mol. The van der Waals surface area contributed by atoms with Crippen LogP contribution in [0.2, 0.25) is 5.02 Å². The average molecular weight is 278 g/mol. The average Bonchev–Trinajstić information content (AvgIpc) is 2.40. The van der Waals surface area contributed by atoms with Crippen LogP contribution in [0, 0.1) is 0 Å². The lowest BCUT2D eigenvalue weighted by Gasteiger charge is -2.18. The first-order valence-electron chi connectivity index (χ1n) is 5.58. The van der Waals surface area contributed by atoms with Crippen LogP contribution in [0.15, 0.2) is 36.7 Å². The molecule has 2 heterocycles. The van der Waals surface area contributed by atoms with Crippen molar-refractivity contribution in [3.8, 4) is 0 Å². The first-order valence-corrected chi connectivity index (χ1v) is 5.95. The van der Waals surface area contributed by atoms with Gasteiger partial charge in [-0.05, 0) is 29.8 Å². The summed E-state index contributed by atoms with van der Waals surface area (Å²) in [4.78, 5) is 20.8. The van der Waals surface area contributed by atoms with E-state index in [9.17, 15) is 4.79 Å². The molecule has 0 fully saturated rings. The van der Waals surface area contributed by atoms with Crippen LogP contribution in [0.1, 0.15) is 16.1 Å². The molecule has 19 heavy (non-hydrogen) atoms. The van der Waals surface area contributed by atoms with E-state index in [0.717, 1.165) is 5.56 Å². The molecule has 0 saturated carbocycles. The molecule has 2 rings (SSSR count). The zero-order chi connectivity index (χ0) is 13.8. The number of carbonyl (C=O) groups is 1. The van der Waals surface area contributed by atoms with Gasteiger partial charge in [-0.2, -0.15) is 0 Å². The molecule has 0 aliphatic carbocycles. The second kappa shape index (κ2) is 5.67. The third-order valence-electron chi connectivity index (χ3n) is 2.59. The van der Waals surface area contributed by atoms with Crippen LogP contribution >= 0.6 is 11.6 Å². The van der Waals surface area contributed by atoms with E-state index in [0.29, 0.717) is 12.4 Å². The van der Waals surface area contributed by atoms with Crippen LogP contribution < -0.4 is 4.90 Å². The fraction of sp³-hybridized carbons (Fsp3) is 0.154. The molecule has 98 valence electrons. The molecule has 0 bridgehead atoms. The number of halogens is 1. The Morgan fingerprint density at radius 1 is 1.32 bits per heavy atom. The number of nitrogens with zero attached hydrogens (tertiary/aromatic N) is 3. The SMILES string of the molecule is CN(Cc1ccncc1)c1ccc(Cl)c(C(=O)O)n1. The van der Waals surface area contributed by atoms with Gasteiger partial charge >= 0.3 is 5.97 Å². The molecular weight excluding hydrogens is 266 g/mol. The van der Waals surface area contributed by atoms with E-state index in [1.54, 1.807) is 18.5 Å². The first-order chi connectivity index (χ1) is 9.08. The van der Waals surface area contributed by atoms with Crippen LogP contribution in [0.4, 0.5) is 5.82 Å². The van der Waals surface area contributed by atoms with E-state index in [2.05, 4.69) is 9.97 Å². The van der Waals surface area contributed by atoms with E-state index in [-0.39, 0.29) is 10.7 Å². The number of aromatic carboxylic acids is 1. The summed E-state index contributed by atoms with van der Waals surface area (Å²) in [5.41, 5.74) is 0.923. The van der Waals surface area contributed by atoms with Crippen molar-refractivity contribution in [1.82, 2.24) is 9.97 Å². The van der Waals surface area contributed by atoms with Crippen molar-refractivity contribution < 1.29 is 9.90 Å². The van der Waals surface area contributed by atoms with Crippen LogP contribution in [0.25, 0.3) is 0 Å². The Hall–Kier alpha value is -2.14. The minimum atomic E-state index is -1.14. The predicted octanol–water partition coefficient (Wildman–Crippen LogP) is 2.46. The van der Waals surface area contributed by atoms with E-state index >= 15 is 0 Å². The molecule has 5 nitrogen and oxygen atoms in total. The molecular formula is C13H12ClN3O2. The van der Waals surface area contributed by atoms with Gasteiger partial charge in [-0.15, -0.1) is 0 Å². The van der Waals surface area contributed by atoms with Crippen LogP contribution in [0.5, 0.6) is 0 Å². The van der Waals surface area contributed by atoms with Gasteiger partial charge in [0.05, 0.1) is 5.02 Å². The lowest BCUT2D eigenvalue weighted by Crippen LogP contribution is -2.18. The number of anilines is 1. The van der Waals surface area contributed by atoms with Crippen molar-refractivity contribution in [1.29, 1.82) is 0 Å². The number of carboxylic acids is 1. The Balaban J connectivity index is 2.22. The molecule has 0 atom stereocenters. The standard InChI is InChI=1S/C13H12ClN3O2/c1-17(8-9-4-6-15-7-5-9)11-3-2-10(14)12(16-11)13(18)19/h2-7H,8H2,1H3,(H,18,19). The minimum Gasteiger partial charge on any atom is -0.476 e. The molecule has 2 aromatic heterocycles. The number of carboxylic acid groups (broad SMARTS) is 1. The summed E-state index contributed by atoms with van der Waals surface area (Å²) in [6.07, 6.45) is 3.42. The highest BCUT2D eigenvalue weighted by Gasteiger charge is 2.13. The van der Waals surface area contributed by atoms with Gasteiger partial charge in [0, 0.05) is 26.0 Å². The van der Waals surface area contributed by atoms with E-state index in [1.165, 1.54) is 6.07 Å². The molecule has 0 radical (unpaired) electrons. The Labute approximate surface area is 115 Å². The number of pyridine rings is 2. The van der Waals surface area contributed by atoms with Gasteiger partial charge < -0.3 is 10.0 Å². The highest BCUT2D eigenvalue weighted by Crippen LogP contribution is 2.19. The molecule has 0 aromatic carbocycles. The van der Waals surface area contributed by atoms with Crippen LogP contribution in [-0.2, 0) is 6.54 Å². The molecule has 0 unspecified atom stereocenters. The van der Waals surface area contributed by atoms with Crippen molar-refractivity contribution in [3.05, 3.63) is 52.9 Å². The molecule has 0 spiro atoms. The van der Waals surface area contributed by atoms with Gasteiger partial charge in [0.25, 0.3) is 0 Å². The lowest BCUT2D eigenvalue weighted by atomic mass is 10.2. The van der Waals surface area contributed by atoms with Gasteiger partial charge in [-0.25, -0.2) is 9.78 Å². The zero-order valence-corrected chi connectivity index (χ0v) is 11.0. The lowest BCUT2D eigenvalue weighted by molar-refractivity contribution is 0.0691. The quantitative estimate of drug-likeness (QED) is 0.930. The number of hydrogen-bond donors (Lipinski definition) is 1. The maximum Gasteiger partial charge on any atom is 0.356 e. The van der Waals surface area contributed by atoms with E-state index in [1.807, 2.05) is 24.1 Å². The summed E-state index contributed by atoms with van der Waals surface area (Å²) < 4.78 is 0. The van der Waals surface area contributed by atoms with Crippen LogP contribution in [-0.4, -0.2) is 28.1 Å². The Bertz CT molecular complexity index is 590. The van der Waals surface area contributed by atoms with Gasteiger partial charge in [-0.3, -0.25) is 4.98 Å². The second-order valence-corrected chi connectivity index (χ2v) is 4.42. The number of rotatable bonds is 4. The third-order valence-corrected chi connectivity index (χ3v) is 2.90. The maximum atomic E-state index is 11.0. The molecule has 0 saturated heterocycles. The Kier molecular flexibility index (Phi) is 3.97.